The zero-order chi connectivity index (χ0) is 18.8. The van der Waals surface area contributed by atoms with E-state index in [-0.39, 0.29) is 0 Å². The molecular formula is C24H21NO2. The lowest BCUT2D eigenvalue weighted by molar-refractivity contribution is 0.112. The van der Waals surface area contributed by atoms with Gasteiger partial charge in [-0.15, -0.1) is 0 Å². The Balaban J connectivity index is 1.78. The van der Waals surface area contributed by atoms with Gasteiger partial charge in [0.2, 0.25) is 0 Å². The largest absolute Gasteiger partial charge is 0.497 e. The summed E-state index contributed by atoms with van der Waals surface area (Å²) in [7, 11) is 1.68. The van der Waals surface area contributed by atoms with E-state index >= 15 is 0 Å². The first-order chi connectivity index (χ1) is 13.2. The maximum absolute atomic E-state index is 11.4. The van der Waals surface area contributed by atoms with Crippen LogP contribution in [0.2, 0.25) is 0 Å². The molecule has 0 amide bonds. The summed E-state index contributed by atoms with van der Waals surface area (Å²) in [5.74, 6) is 0.861. The summed E-state index contributed by atoms with van der Waals surface area (Å²) in [6.07, 6.45) is 3.10. The number of hydrogen-bond acceptors (Lipinski definition) is 2. The highest BCUT2D eigenvalue weighted by atomic mass is 16.5. The summed E-state index contributed by atoms with van der Waals surface area (Å²) < 4.78 is 7.51. The topological polar surface area (TPSA) is 31.2 Å². The first kappa shape index (κ1) is 17.1. The number of aryl methyl sites for hydroxylation is 1. The fourth-order valence-electron chi connectivity index (χ4n) is 3.56. The molecule has 3 aromatic carbocycles. The van der Waals surface area contributed by atoms with Crippen LogP contribution >= 0.6 is 0 Å². The molecular weight excluding hydrogens is 334 g/mol. The summed E-state index contributed by atoms with van der Waals surface area (Å²) in [6, 6.07) is 22.3. The zero-order valence-corrected chi connectivity index (χ0v) is 15.5. The van der Waals surface area contributed by atoms with Crippen molar-refractivity contribution in [2.45, 2.75) is 13.5 Å². The fourth-order valence-corrected chi connectivity index (χ4v) is 3.56. The lowest BCUT2D eigenvalue weighted by Crippen LogP contribution is -1.98. The number of methoxy groups -OCH3 is 1. The van der Waals surface area contributed by atoms with E-state index in [1.54, 1.807) is 7.11 Å². The molecule has 0 unspecified atom stereocenters. The van der Waals surface area contributed by atoms with Gasteiger partial charge in [0.05, 0.1) is 7.11 Å². The van der Waals surface area contributed by atoms with Gasteiger partial charge >= 0.3 is 0 Å². The summed E-state index contributed by atoms with van der Waals surface area (Å²) in [4.78, 5) is 11.4. The van der Waals surface area contributed by atoms with Crippen LogP contribution in [-0.2, 0) is 6.54 Å². The Kier molecular flexibility index (Phi) is 4.51. The number of carbonyl (C=O) groups excluding carboxylic acids is 1. The summed E-state index contributed by atoms with van der Waals surface area (Å²) in [6.45, 7) is 2.92. The van der Waals surface area contributed by atoms with Crippen LogP contribution in [0.15, 0.2) is 72.9 Å². The SMILES string of the molecule is COc1ccc(Cn2cc(C)c3ccc(-c4ccccc4C=O)cc32)cc1. The highest BCUT2D eigenvalue weighted by Crippen LogP contribution is 2.29. The van der Waals surface area contributed by atoms with Crippen LogP contribution in [0.1, 0.15) is 21.5 Å². The Morgan fingerprint density at radius 1 is 1.00 bits per heavy atom. The van der Waals surface area contributed by atoms with Gasteiger partial charge in [-0.05, 0) is 47.4 Å². The molecule has 0 fully saturated rings. The molecule has 0 N–H and O–H groups in total. The zero-order valence-electron chi connectivity index (χ0n) is 15.5. The van der Waals surface area contributed by atoms with E-state index in [0.717, 1.165) is 29.7 Å². The molecule has 27 heavy (non-hydrogen) atoms. The molecule has 0 spiro atoms. The van der Waals surface area contributed by atoms with E-state index in [0.29, 0.717) is 5.56 Å². The van der Waals surface area contributed by atoms with Crippen molar-refractivity contribution >= 4 is 17.2 Å². The molecule has 0 aliphatic rings. The predicted molar refractivity (Wildman–Crippen MR) is 110 cm³/mol. The number of aldehydes is 1. The van der Waals surface area contributed by atoms with Crippen molar-refractivity contribution in [3.8, 4) is 16.9 Å². The van der Waals surface area contributed by atoms with Gasteiger partial charge in [0, 0.05) is 29.2 Å². The Labute approximate surface area is 158 Å². The predicted octanol–water partition coefficient (Wildman–Crippen LogP) is 5.49. The van der Waals surface area contributed by atoms with Crippen molar-refractivity contribution in [1.29, 1.82) is 0 Å². The van der Waals surface area contributed by atoms with Gasteiger partial charge in [0.25, 0.3) is 0 Å². The first-order valence-corrected chi connectivity index (χ1v) is 8.96. The molecule has 3 heteroatoms. The van der Waals surface area contributed by atoms with E-state index in [1.807, 2.05) is 36.4 Å². The average Bonchev–Trinajstić information content (AvgIpc) is 3.03. The molecule has 134 valence electrons. The molecule has 0 aliphatic carbocycles. The number of ether oxygens (including phenoxy) is 1. The van der Waals surface area contributed by atoms with Crippen molar-refractivity contribution in [3.63, 3.8) is 0 Å². The van der Waals surface area contributed by atoms with Crippen molar-refractivity contribution in [3.05, 3.63) is 89.6 Å². The van der Waals surface area contributed by atoms with Gasteiger partial charge in [0.1, 0.15) is 5.75 Å². The highest BCUT2D eigenvalue weighted by molar-refractivity contribution is 5.92. The van der Waals surface area contributed by atoms with Crippen LogP contribution in [0.5, 0.6) is 5.75 Å². The third kappa shape index (κ3) is 3.24. The van der Waals surface area contributed by atoms with E-state index in [4.69, 9.17) is 4.74 Å². The number of carbonyl (C=O) groups is 1. The van der Waals surface area contributed by atoms with Crippen molar-refractivity contribution in [1.82, 2.24) is 4.57 Å². The Morgan fingerprint density at radius 2 is 1.78 bits per heavy atom. The second-order valence-corrected chi connectivity index (χ2v) is 6.73. The molecule has 0 atom stereocenters. The molecule has 4 rings (SSSR count). The minimum absolute atomic E-state index is 0.710. The lowest BCUT2D eigenvalue weighted by Gasteiger charge is -2.09. The first-order valence-electron chi connectivity index (χ1n) is 8.96. The summed E-state index contributed by atoms with van der Waals surface area (Å²) in [5.41, 5.74) is 6.35. The van der Waals surface area contributed by atoms with Gasteiger partial charge < -0.3 is 9.30 Å². The van der Waals surface area contributed by atoms with Crippen molar-refractivity contribution in [2.24, 2.45) is 0 Å². The molecule has 1 aromatic heterocycles. The number of aromatic nitrogens is 1. The number of nitrogens with zero attached hydrogens (tertiary/aromatic N) is 1. The van der Waals surface area contributed by atoms with E-state index < -0.39 is 0 Å². The van der Waals surface area contributed by atoms with Crippen LogP contribution in [0.4, 0.5) is 0 Å². The lowest BCUT2D eigenvalue weighted by atomic mass is 9.99. The second kappa shape index (κ2) is 7.12. The van der Waals surface area contributed by atoms with Crippen LogP contribution in [0, 0.1) is 6.92 Å². The maximum Gasteiger partial charge on any atom is 0.150 e. The average molecular weight is 355 g/mol. The quantitative estimate of drug-likeness (QED) is 0.444. The Bertz CT molecular complexity index is 1110. The molecule has 4 aromatic rings. The molecule has 0 saturated carbocycles. The van der Waals surface area contributed by atoms with Crippen LogP contribution in [0.25, 0.3) is 22.0 Å². The van der Waals surface area contributed by atoms with Gasteiger partial charge in [-0.1, -0.05) is 48.5 Å². The van der Waals surface area contributed by atoms with Gasteiger partial charge in [0.15, 0.2) is 6.29 Å². The minimum atomic E-state index is 0.710. The number of benzene rings is 3. The highest BCUT2D eigenvalue weighted by Gasteiger charge is 2.10. The maximum atomic E-state index is 11.4. The fraction of sp³-hybridized carbons (Fsp3) is 0.125. The number of fused-ring (bicyclic) bond motifs is 1. The molecule has 0 aliphatic heterocycles. The molecule has 3 nitrogen and oxygen atoms in total. The van der Waals surface area contributed by atoms with E-state index in [2.05, 4.69) is 48.0 Å². The minimum Gasteiger partial charge on any atom is -0.497 e. The number of hydrogen-bond donors (Lipinski definition) is 0. The monoisotopic (exact) mass is 355 g/mol. The summed E-state index contributed by atoms with van der Waals surface area (Å²) in [5, 5.41) is 1.23. The van der Waals surface area contributed by atoms with Crippen LogP contribution < -0.4 is 4.74 Å². The van der Waals surface area contributed by atoms with E-state index in [9.17, 15) is 4.79 Å². The van der Waals surface area contributed by atoms with Gasteiger partial charge in [-0.2, -0.15) is 0 Å². The van der Waals surface area contributed by atoms with Crippen LogP contribution in [-0.4, -0.2) is 18.0 Å². The van der Waals surface area contributed by atoms with Gasteiger partial charge in [-0.3, -0.25) is 4.79 Å². The smallest absolute Gasteiger partial charge is 0.150 e. The third-order valence-electron chi connectivity index (χ3n) is 4.99. The molecule has 0 radical (unpaired) electrons. The normalized spacial score (nSPS) is 10.9. The van der Waals surface area contributed by atoms with Crippen molar-refractivity contribution in [2.75, 3.05) is 7.11 Å². The molecule has 0 saturated heterocycles. The Morgan fingerprint density at radius 3 is 2.52 bits per heavy atom. The Hall–Kier alpha value is -3.33. The third-order valence-corrected chi connectivity index (χ3v) is 4.99. The second-order valence-electron chi connectivity index (χ2n) is 6.73. The van der Waals surface area contributed by atoms with E-state index in [1.165, 1.54) is 22.0 Å². The van der Waals surface area contributed by atoms with Crippen molar-refractivity contribution < 1.29 is 9.53 Å². The molecule has 1 heterocycles. The standard InChI is InChI=1S/C24H21NO2/c1-17-14-25(15-18-7-10-21(27-2)11-8-18)24-13-19(9-12-22(17)24)23-6-4-3-5-20(23)16-26/h3-14,16H,15H2,1-2H3. The number of rotatable bonds is 5. The van der Waals surface area contributed by atoms with Gasteiger partial charge in [-0.25, -0.2) is 0 Å². The van der Waals surface area contributed by atoms with Crippen LogP contribution in [0.3, 0.4) is 0 Å². The summed E-state index contributed by atoms with van der Waals surface area (Å²) >= 11 is 0. The molecule has 0 bridgehead atoms.